The number of nitrogens with zero attached hydrogens (tertiary/aromatic N) is 1. The van der Waals surface area contributed by atoms with Gasteiger partial charge < -0.3 is 15.0 Å². The Morgan fingerprint density at radius 3 is 2.37 bits per heavy atom. The second-order valence-electron chi connectivity index (χ2n) is 7.96. The van der Waals surface area contributed by atoms with Gasteiger partial charge in [-0.05, 0) is 55.5 Å². The number of pyridine rings is 1. The van der Waals surface area contributed by atoms with Crippen LogP contribution in [0.3, 0.4) is 0 Å². The number of amides is 1. The third kappa shape index (κ3) is 4.43. The third-order valence-electron chi connectivity index (χ3n) is 5.92. The second kappa shape index (κ2) is 9.04. The fraction of sp³-hybridized carbons (Fsp3) is 0.435. The Labute approximate surface area is 180 Å². The van der Waals surface area contributed by atoms with Crippen molar-refractivity contribution in [2.45, 2.75) is 64.5 Å². The van der Waals surface area contributed by atoms with Gasteiger partial charge in [0, 0.05) is 10.7 Å². The molecule has 0 aliphatic heterocycles. The van der Waals surface area contributed by atoms with Crippen molar-refractivity contribution in [1.29, 1.82) is 0 Å². The lowest BCUT2D eigenvalue weighted by atomic mass is 9.81. The Morgan fingerprint density at radius 1 is 1.17 bits per heavy atom. The molecule has 1 aromatic carbocycles. The lowest BCUT2D eigenvalue weighted by molar-refractivity contribution is -0.145. The minimum Gasteiger partial charge on any atom is -0.480 e. The van der Waals surface area contributed by atoms with E-state index in [1.807, 2.05) is 26.0 Å². The van der Waals surface area contributed by atoms with Crippen molar-refractivity contribution in [3.63, 3.8) is 0 Å². The summed E-state index contributed by atoms with van der Waals surface area (Å²) in [4.78, 5) is 38.2. The van der Waals surface area contributed by atoms with Crippen molar-refractivity contribution in [3.05, 3.63) is 68.1 Å². The molecule has 1 amide bonds. The number of aryl methyl sites for hydroxylation is 1. The van der Waals surface area contributed by atoms with Crippen LogP contribution in [0.25, 0.3) is 0 Å². The molecule has 0 bridgehead atoms. The van der Waals surface area contributed by atoms with Crippen molar-refractivity contribution in [2.75, 3.05) is 0 Å². The summed E-state index contributed by atoms with van der Waals surface area (Å²) in [6, 6.07) is 8.79. The van der Waals surface area contributed by atoms with Gasteiger partial charge >= 0.3 is 5.97 Å². The molecule has 0 spiro atoms. The second-order valence-corrected chi connectivity index (χ2v) is 8.40. The van der Waals surface area contributed by atoms with E-state index in [-0.39, 0.29) is 5.56 Å². The fourth-order valence-electron chi connectivity index (χ4n) is 4.25. The van der Waals surface area contributed by atoms with Gasteiger partial charge in [-0.2, -0.15) is 0 Å². The molecule has 0 atom stereocenters. The molecular weight excluding hydrogens is 404 g/mol. The van der Waals surface area contributed by atoms with Crippen LogP contribution in [-0.2, 0) is 17.8 Å². The molecule has 1 aromatic heterocycles. The molecule has 1 saturated carbocycles. The fourth-order valence-corrected chi connectivity index (χ4v) is 4.37. The topological polar surface area (TPSA) is 88.4 Å². The lowest BCUT2D eigenvalue weighted by Crippen LogP contribution is -2.56. The SMILES string of the molecule is CCc1c(C)cc(C(=O)NC2(C(=O)O)CCCCC2)c(=O)n1Cc1ccc(Cl)cc1. The van der Waals surface area contributed by atoms with Gasteiger partial charge in [0.25, 0.3) is 11.5 Å². The highest BCUT2D eigenvalue weighted by atomic mass is 35.5. The van der Waals surface area contributed by atoms with E-state index >= 15 is 0 Å². The minimum atomic E-state index is -1.31. The first-order valence-electron chi connectivity index (χ1n) is 10.3. The van der Waals surface area contributed by atoms with Gasteiger partial charge in [0.05, 0.1) is 6.54 Å². The number of carboxylic acid groups (broad SMARTS) is 1. The van der Waals surface area contributed by atoms with Crippen LogP contribution in [-0.4, -0.2) is 27.1 Å². The summed E-state index contributed by atoms with van der Waals surface area (Å²) < 4.78 is 1.60. The van der Waals surface area contributed by atoms with Gasteiger partial charge in [-0.3, -0.25) is 9.59 Å². The van der Waals surface area contributed by atoms with Crippen LogP contribution in [0.2, 0.25) is 5.02 Å². The Balaban J connectivity index is 1.99. The van der Waals surface area contributed by atoms with Gasteiger partial charge in [-0.25, -0.2) is 4.79 Å². The van der Waals surface area contributed by atoms with Crippen LogP contribution in [0.15, 0.2) is 35.1 Å². The summed E-state index contributed by atoms with van der Waals surface area (Å²) in [5, 5.41) is 13.0. The van der Waals surface area contributed by atoms with E-state index in [1.54, 1.807) is 22.8 Å². The Kier molecular flexibility index (Phi) is 6.66. The Bertz CT molecular complexity index is 1010. The molecule has 3 rings (SSSR count). The molecule has 0 saturated heterocycles. The smallest absolute Gasteiger partial charge is 0.329 e. The number of carbonyl (C=O) groups excluding carboxylic acids is 1. The molecule has 0 radical (unpaired) electrons. The highest BCUT2D eigenvalue weighted by Gasteiger charge is 2.41. The van der Waals surface area contributed by atoms with Crippen molar-refractivity contribution in [1.82, 2.24) is 9.88 Å². The van der Waals surface area contributed by atoms with Crippen molar-refractivity contribution < 1.29 is 14.7 Å². The number of carbonyl (C=O) groups is 2. The maximum Gasteiger partial charge on any atom is 0.329 e. The maximum atomic E-state index is 13.3. The highest BCUT2D eigenvalue weighted by Crippen LogP contribution is 2.29. The molecule has 1 fully saturated rings. The predicted octanol–water partition coefficient (Wildman–Crippen LogP) is 3.94. The summed E-state index contributed by atoms with van der Waals surface area (Å²) in [6.07, 6.45) is 3.80. The zero-order valence-electron chi connectivity index (χ0n) is 17.3. The van der Waals surface area contributed by atoms with Crippen molar-refractivity contribution >= 4 is 23.5 Å². The van der Waals surface area contributed by atoms with Crippen LogP contribution in [0.5, 0.6) is 0 Å². The van der Waals surface area contributed by atoms with Crippen LogP contribution in [0.4, 0.5) is 0 Å². The van der Waals surface area contributed by atoms with Gasteiger partial charge in [-0.1, -0.05) is 49.9 Å². The van der Waals surface area contributed by atoms with Gasteiger partial charge in [0.15, 0.2) is 0 Å². The summed E-state index contributed by atoms with van der Waals surface area (Å²) in [6.45, 7) is 4.13. The van der Waals surface area contributed by atoms with Crippen LogP contribution in [0, 0.1) is 6.92 Å². The average Bonchev–Trinajstić information content (AvgIpc) is 2.72. The zero-order valence-corrected chi connectivity index (χ0v) is 18.1. The normalized spacial score (nSPS) is 15.6. The van der Waals surface area contributed by atoms with Gasteiger partial charge in [0.1, 0.15) is 11.1 Å². The molecule has 30 heavy (non-hydrogen) atoms. The number of nitrogens with one attached hydrogen (secondary N) is 1. The number of halogens is 1. The number of hydrogen-bond donors (Lipinski definition) is 2. The largest absolute Gasteiger partial charge is 0.480 e. The maximum absolute atomic E-state index is 13.3. The first kappa shape index (κ1) is 22.1. The van der Waals surface area contributed by atoms with E-state index in [0.29, 0.717) is 30.8 Å². The van der Waals surface area contributed by atoms with Gasteiger partial charge in [0.2, 0.25) is 0 Å². The number of hydrogen-bond acceptors (Lipinski definition) is 3. The molecule has 1 heterocycles. The predicted molar refractivity (Wildman–Crippen MR) is 116 cm³/mol. The highest BCUT2D eigenvalue weighted by molar-refractivity contribution is 6.30. The molecule has 2 aromatic rings. The molecule has 0 unspecified atom stereocenters. The molecule has 7 heteroatoms. The average molecular weight is 431 g/mol. The molecule has 1 aliphatic rings. The van der Waals surface area contributed by atoms with Crippen molar-refractivity contribution in [3.8, 4) is 0 Å². The molecular formula is C23H27ClN2O4. The monoisotopic (exact) mass is 430 g/mol. The first-order chi connectivity index (χ1) is 14.3. The lowest BCUT2D eigenvalue weighted by Gasteiger charge is -2.34. The van der Waals surface area contributed by atoms with E-state index < -0.39 is 23.0 Å². The summed E-state index contributed by atoms with van der Waals surface area (Å²) in [5.74, 6) is -1.67. The van der Waals surface area contributed by atoms with Crippen LogP contribution >= 0.6 is 11.6 Å². The van der Waals surface area contributed by atoms with E-state index in [0.717, 1.165) is 36.1 Å². The standard InChI is InChI=1S/C23H27ClN2O4/c1-3-19-15(2)13-18(20(27)25-23(22(29)30)11-5-4-6-12-23)21(28)26(19)14-16-7-9-17(24)10-8-16/h7-10,13H,3-6,11-12,14H2,1-2H3,(H,25,27)(H,29,30). The molecule has 1 aliphatic carbocycles. The zero-order chi connectivity index (χ0) is 21.9. The van der Waals surface area contributed by atoms with E-state index in [1.165, 1.54) is 0 Å². The van der Waals surface area contributed by atoms with Crippen LogP contribution in [0.1, 0.15) is 66.2 Å². The van der Waals surface area contributed by atoms with Crippen molar-refractivity contribution in [2.24, 2.45) is 0 Å². The number of carboxylic acids is 1. The number of aromatic nitrogens is 1. The van der Waals surface area contributed by atoms with Crippen LogP contribution < -0.4 is 10.9 Å². The minimum absolute atomic E-state index is 0.0233. The van der Waals surface area contributed by atoms with E-state index in [2.05, 4.69) is 5.32 Å². The van der Waals surface area contributed by atoms with E-state index in [9.17, 15) is 19.5 Å². The summed E-state index contributed by atoms with van der Waals surface area (Å²) in [5.41, 5.74) is 0.815. The first-order valence-corrected chi connectivity index (χ1v) is 10.7. The summed E-state index contributed by atoms with van der Waals surface area (Å²) >= 11 is 5.96. The number of aliphatic carboxylic acids is 1. The number of benzene rings is 1. The summed E-state index contributed by atoms with van der Waals surface area (Å²) in [7, 11) is 0. The Morgan fingerprint density at radius 2 is 1.80 bits per heavy atom. The molecule has 2 N–H and O–H groups in total. The Hall–Kier alpha value is -2.60. The third-order valence-corrected chi connectivity index (χ3v) is 6.17. The molecule has 160 valence electrons. The number of rotatable bonds is 6. The quantitative estimate of drug-likeness (QED) is 0.726. The van der Waals surface area contributed by atoms with Gasteiger partial charge in [-0.15, -0.1) is 0 Å². The van der Waals surface area contributed by atoms with E-state index in [4.69, 9.17) is 11.6 Å². The molecule has 6 nitrogen and oxygen atoms in total.